The van der Waals surface area contributed by atoms with Crippen LogP contribution in [-0.2, 0) is 6.54 Å². The molecule has 0 aliphatic heterocycles. The molecule has 2 rings (SSSR count). The minimum Gasteiger partial charge on any atom is -0.493 e. The van der Waals surface area contributed by atoms with Gasteiger partial charge in [0.05, 0.1) is 13.4 Å². The van der Waals surface area contributed by atoms with Crippen LogP contribution in [0.15, 0.2) is 24.5 Å². The molecule has 0 aliphatic carbocycles. The van der Waals surface area contributed by atoms with Gasteiger partial charge in [-0.1, -0.05) is 6.92 Å². The van der Waals surface area contributed by atoms with Crippen molar-refractivity contribution in [2.24, 2.45) is 0 Å². The second-order valence-corrected chi connectivity index (χ2v) is 4.42. The number of benzene rings is 1. The summed E-state index contributed by atoms with van der Waals surface area (Å²) in [6, 6.07) is 4.69. The third-order valence-electron chi connectivity index (χ3n) is 3.00. The lowest BCUT2D eigenvalue weighted by molar-refractivity contribution is -0.0511. The monoisotopic (exact) mass is 297 g/mol. The molecule has 0 unspecified atom stereocenters. The highest BCUT2D eigenvalue weighted by atomic mass is 19.3. The molecule has 0 amide bonds. The number of nitrogen functional groups attached to an aromatic ring is 1. The van der Waals surface area contributed by atoms with Crippen molar-refractivity contribution in [3.05, 3.63) is 24.5 Å². The average molecular weight is 297 g/mol. The molecular formula is C14H17F2N3O2. The molecule has 0 spiro atoms. The number of halogens is 2. The van der Waals surface area contributed by atoms with Crippen LogP contribution in [0.25, 0.3) is 11.3 Å². The number of aromatic nitrogens is 2. The molecule has 0 radical (unpaired) electrons. The first-order valence-electron chi connectivity index (χ1n) is 6.50. The number of methoxy groups -OCH3 is 1. The van der Waals surface area contributed by atoms with Gasteiger partial charge in [0, 0.05) is 12.1 Å². The van der Waals surface area contributed by atoms with Crippen molar-refractivity contribution in [2.45, 2.75) is 26.5 Å². The highest BCUT2D eigenvalue weighted by Crippen LogP contribution is 2.34. The molecule has 114 valence electrons. The maximum absolute atomic E-state index is 12.4. The van der Waals surface area contributed by atoms with Crippen molar-refractivity contribution < 1.29 is 18.3 Å². The second kappa shape index (κ2) is 6.43. The number of aryl methyl sites for hydroxylation is 1. The van der Waals surface area contributed by atoms with Crippen LogP contribution >= 0.6 is 0 Å². The summed E-state index contributed by atoms with van der Waals surface area (Å²) in [4.78, 5) is 4.23. The van der Waals surface area contributed by atoms with Gasteiger partial charge in [0.25, 0.3) is 0 Å². The fourth-order valence-corrected chi connectivity index (χ4v) is 2.05. The van der Waals surface area contributed by atoms with Crippen LogP contribution in [0.1, 0.15) is 13.3 Å². The molecular weight excluding hydrogens is 280 g/mol. The Kier molecular flexibility index (Phi) is 4.62. The predicted octanol–water partition coefficient (Wildman–Crippen LogP) is 3.15. The van der Waals surface area contributed by atoms with E-state index in [0.29, 0.717) is 17.1 Å². The standard InChI is InChI=1S/C14H17F2N3O2/c1-3-6-19-8-18-12(13(19)17)9-4-5-10(20-2)11(7-9)21-14(15)16/h4-5,7-8,14H,3,6,17H2,1-2H3. The van der Waals surface area contributed by atoms with Crippen molar-refractivity contribution in [2.75, 3.05) is 12.8 Å². The Balaban J connectivity index is 2.40. The minimum atomic E-state index is -2.93. The summed E-state index contributed by atoms with van der Waals surface area (Å²) in [5, 5.41) is 0. The summed E-state index contributed by atoms with van der Waals surface area (Å²) in [5.41, 5.74) is 7.15. The zero-order valence-electron chi connectivity index (χ0n) is 11.8. The van der Waals surface area contributed by atoms with E-state index in [0.717, 1.165) is 13.0 Å². The van der Waals surface area contributed by atoms with E-state index in [1.54, 1.807) is 18.5 Å². The molecule has 2 aromatic rings. The zero-order chi connectivity index (χ0) is 15.4. The van der Waals surface area contributed by atoms with Crippen LogP contribution in [0, 0.1) is 0 Å². The number of nitrogens with zero attached hydrogens (tertiary/aromatic N) is 2. The number of alkyl halides is 2. The molecule has 1 aromatic heterocycles. The van der Waals surface area contributed by atoms with E-state index in [9.17, 15) is 8.78 Å². The van der Waals surface area contributed by atoms with Crippen LogP contribution in [0.4, 0.5) is 14.6 Å². The average Bonchev–Trinajstić information content (AvgIpc) is 2.80. The first-order chi connectivity index (χ1) is 10.1. The van der Waals surface area contributed by atoms with Gasteiger partial charge in [-0.15, -0.1) is 0 Å². The summed E-state index contributed by atoms with van der Waals surface area (Å²) >= 11 is 0. The number of nitrogens with two attached hydrogens (primary N) is 1. The van der Waals surface area contributed by atoms with Gasteiger partial charge in [0.15, 0.2) is 11.5 Å². The van der Waals surface area contributed by atoms with Gasteiger partial charge in [-0.3, -0.25) is 0 Å². The van der Waals surface area contributed by atoms with Gasteiger partial charge in [-0.2, -0.15) is 8.78 Å². The Morgan fingerprint density at radius 2 is 2.10 bits per heavy atom. The quantitative estimate of drug-likeness (QED) is 0.889. The summed E-state index contributed by atoms with van der Waals surface area (Å²) in [7, 11) is 1.39. The molecule has 0 aliphatic rings. The molecule has 5 nitrogen and oxygen atoms in total. The highest BCUT2D eigenvalue weighted by Gasteiger charge is 2.15. The number of rotatable bonds is 6. The van der Waals surface area contributed by atoms with E-state index >= 15 is 0 Å². The van der Waals surface area contributed by atoms with E-state index in [4.69, 9.17) is 10.5 Å². The van der Waals surface area contributed by atoms with Crippen molar-refractivity contribution in [3.63, 3.8) is 0 Å². The first kappa shape index (κ1) is 15.1. The number of ether oxygens (including phenoxy) is 2. The first-order valence-corrected chi connectivity index (χ1v) is 6.50. The Hall–Kier alpha value is -2.31. The van der Waals surface area contributed by atoms with Crippen molar-refractivity contribution in [1.82, 2.24) is 9.55 Å². The van der Waals surface area contributed by atoms with Gasteiger partial charge < -0.3 is 19.8 Å². The molecule has 0 saturated carbocycles. The SMILES string of the molecule is CCCn1cnc(-c2ccc(OC)c(OC(F)F)c2)c1N. The maximum Gasteiger partial charge on any atom is 0.387 e. The topological polar surface area (TPSA) is 62.3 Å². The summed E-state index contributed by atoms with van der Waals surface area (Å²) in [6.45, 7) is -0.152. The molecule has 1 aromatic carbocycles. The Bertz CT molecular complexity index is 614. The Morgan fingerprint density at radius 1 is 1.33 bits per heavy atom. The van der Waals surface area contributed by atoms with Crippen LogP contribution in [0.2, 0.25) is 0 Å². The zero-order valence-corrected chi connectivity index (χ0v) is 11.8. The van der Waals surface area contributed by atoms with Crippen molar-refractivity contribution in [3.8, 4) is 22.8 Å². The van der Waals surface area contributed by atoms with Gasteiger partial charge in [0.2, 0.25) is 0 Å². The normalized spacial score (nSPS) is 10.9. The van der Waals surface area contributed by atoms with Gasteiger partial charge in [0.1, 0.15) is 11.5 Å². The Labute approximate surface area is 121 Å². The highest BCUT2D eigenvalue weighted by molar-refractivity contribution is 5.72. The van der Waals surface area contributed by atoms with Crippen LogP contribution < -0.4 is 15.2 Å². The summed E-state index contributed by atoms with van der Waals surface area (Å²) in [5.74, 6) is 0.671. The fourth-order valence-electron chi connectivity index (χ4n) is 2.05. The lowest BCUT2D eigenvalue weighted by Crippen LogP contribution is -2.04. The smallest absolute Gasteiger partial charge is 0.387 e. The van der Waals surface area contributed by atoms with E-state index in [1.165, 1.54) is 13.2 Å². The molecule has 21 heavy (non-hydrogen) atoms. The molecule has 0 fully saturated rings. The largest absolute Gasteiger partial charge is 0.493 e. The number of imidazole rings is 1. The van der Waals surface area contributed by atoms with E-state index in [-0.39, 0.29) is 11.5 Å². The number of anilines is 1. The van der Waals surface area contributed by atoms with Crippen LogP contribution in [0.5, 0.6) is 11.5 Å². The summed E-state index contributed by atoms with van der Waals surface area (Å²) < 4.78 is 36.1. The van der Waals surface area contributed by atoms with Gasteiger partial charge in [-0.05, 0) is 24.6 Å². The van der Waals surface area contributed by atoms with Crippen LogP contribution in [0.3, 0.4) is 0 Å². The molecule has 7 heteroatoms. The molecule has 0 atom stereocenters. The van der Waals surface area contributed by atoms with Crippen LogP contribution in [-0.4, -0.2) is 23.3 Å². The van der Waals surface area contributed by atoms with E-state index in [2.05, 4.69) is 9.72 Å². The minimum absolute atomic E-state index is 0.0468. The number of hydrogen-bond donors (Lipinski definition) is 1. The van der Waals surface area contributed by atoms with Crippen molar-refractivity contribution >= 4 is 5.82 Å². The molecule has 0 bridgehead atoms. The lowest BCUT2D eigenvalue weighted by atomic mass is 10.1. The second-order valence-electron chi connectivity index (χ2n) is 4.42. The lowest BCUT2D eigenvalue weighted by Gasteiger charge is -2.11. The Morgan fingerprint density at radius 3 is 2.71 bits per heavy atom. The third-order valence-corrected chi connectivity index (χ3v) is 3.00. The fraction of sp³-hybridized carbons (Fsp3) is 0.357. The maximum atomic E-state index is 12.4. The molecule has 1 heterocycles. The van der Waals surface area contributed by atoms with Gasteiger partial charge in [-0.25, -0.2) is 4.98 Å². The molecule has 0 saturated heterocycles. The molecule has 2 N–H and O–H groups in total. The van der Waals surface area contributed by atoms with E-state index < -0.39 is 6.61 Å². The van der Waals surface area contributed by atoms with E-state index in [1.807, 2.05) is 11.5 Å². The third kappa shape index (κ3) is 3.24. The van der Waals surface area contributed by atoms with Gasteiger partial charge >= 0.3 is 6.61 Å². The predicted molar refractivity (Wildman–Crippen MR) is 75.6 cm³/mol. The number of hydrogen-bond acceptors (Lipinski definition) is 4. The van der Waals surface area contributed by atoms with Crippen molar-refractivity contribution in [1.29, 1.82) is 0 Å². The summed E-state index contributed by atoms with van der Waals surface area (Å²) in [6.07, 6.45) is 2.55.